The third-order valence-corrected chi connectivity index (χ3v) is 9.02. The fourth-order valence-corrected chi connectivity index (χ4v) is 6.47. The highest BCUT2D eigenvalue weighted by molar-refractivity contribution is 6.00. The number of carbonyl (C=O) groups is 3. The Morgan fingerprint density at radius 3 is 2.39 bits per heavy atom. The standard InChI is InChI=1S/C39H48N2O8/c1-6-45-22-23-47-34(42)14-8-7-11-21-46-35(43)19-20-36(44)48-29-17-15-28-16-18-33-37(30(28)24-29)40-26-39(49-33)38(4,5)31-12-9-10-13-32(31)41(39)25-27(2)3/h9-10,12-13,15-18,24,26-27H,6-8,11,14,19-23,25H2,1-5H3. The molecule has 49 heavy (non-hydrogen) atoms. The molecule has 10 heteroatoms. The third kappa shape index (κ3) is 8.07. The van der Waals surface area contributed by atoms with Gasteiger partial charge in [0.05, 0.1) is 37.7 Å². The molecule has 0 N–H and O–H groups in total. The quantitative estimate of drug-likeness (QED) is 0.0870. The van der Waals surface area contributed by atoms with Crippen LogP contribution in [0.4, 0.5) is 11.4 Å². The number of nitrogens with zero attached hydrogens (tertiary/aromatic N) is 2. The number of hydrogen-bond acceptors (Lipinski definition) is 10. The van der Waals surface area contributed by atoms with Crippen LogP contribution in [0.5, 0.6) is 11.5 Å². The predicted octanol–water partition coefficient (Wildman–Crippen LogP) is 7.45. The van der Waals surface area contributed by atoms with Crippen molar-refractivity contribution in [1.82, 2.24) is 0 Å². The highest BCUT2D eigenvalue weighted by Crippen LogP contribution is 2.55. The summed E-state index contributed by atoms with van der Waals surface area (Å²) < 4.78 is 28.0. The summed E-state index contributed by atoms with van der Waals surface area (Å²) in [4.78, 5) is 43.9. The first-order chi connectivity index (χ1) is 23.6. The van der Waals surface area contributed by atoms with E-state index in [1.807, 2.05) is 31.3 Å². The van der Waals surface area contributed by atoms with Crippen molar-refractivity contribution in [2.45, 2.75) is 84.3 Å². The van der Waals surface area contributed by atoms with Gasteiger partial charge in [-0.25, -0.2) is 0 Å². The highest BCUT2D eigenvalue weighted by atomic mass is 16.6. The zero-order valence-corrected chi connectivity index (χ0v) is 29.3. The minimum absolute atomic E-state index is 0.0841. The summed E-state index contributed by atoms with van der Waals surface area (Å²) in [6.07, 6.45) is 4.04. The van der Waals surface area contributed by atoms with Crippen LogP contribution < -0.4 is 14.4 Å². The van der Waals surface area contributed by atoms with E-state index in [1.165, 1.54) is 5.56 Å². The van der Waals surface area contributed by atoms with E-state index in [-0.39, 0.29) is 37.4 Å². The van der Waals surface area contributed by atoms with Crippen LogP contribution in [0.25, 0.3) is 10.8 Å². The number of hydrogen-bond donors (Lipinski definition) is 0. The van der Waals surface area contributed by atoms with Crippen molar-refractivity contribution in [2.24, 2.45) is 10.9 Å². The van der Waals surface area contributed by atoms with Crippen molar-refractivity contribution in [3.05, 3.63) is 60.2 Å². The van der Waals surface area contributed by atoms with Gasteiger partial charge < -0.3 is 28.6 Å². The molecule has 5 rings (SSSR count). The topological polar surface area (TPSA) is 113 Å². The van der Waals surface area contributed by atoms with Gasteiger partial charge in [0.2, 0.25) is 5.72 Å². The Labute approximate surface area is 288 Å². The zero-order chi connectivity index (χ0) is 35.0. The van der Waals surface area contributed by atoms with Gasteiger partial charge in [-0.15, -0.1) is 0 Å². The molecule has 2 aliphatic rings. The molecule has 3 aromatic carbocycles. The van der Waals surface area contributed by atoms with Gasteiger partial charge in [0.15, 0.2) is 0 Å². The van der Waals surface area contributed by atoms with Crippen LogP contribution in [0.2, 0.25) is 0 Å². The maximum Gasteiger partial charge on any atom is 0.311 e. The summed E-state index contributed by atoms with van der Waals surface area (Å²) in [6, 6.07) is 17.8. The third-order valence-electron chi connectivity index (χ3n) is 9.02. The van der Waals surface area contributed by atoms with Gasteiger partial charge in [-0.2, -0.15) is 0 Å². The summed E-state index contributed by atoms with van der Waals surface area (Å²) in [5, 5.41) is 1.74. The van der Waals surface area contributed by atoms with Crippen molar-refractivity contribution in [3.8, 4) is 11.5 Å². The molecule has 1 atom stereocenters. The second-order valence-electron chi connectivity index (χ2n) is 13.4. The fraction of sp³-hybridized carbons (Fsp3) is 0.487. The first kappa shape index (κ1) is 35.9. The molecule has 2 aliphatic heterocycles. The van der Waals surface area contributed by atoms with E-state index < -0.39 is 17.7 Å². The van der Waals surface area contributed by atoms with Gasteiger partial charge in [-0.1, -0.05) is 44.2 Å². The number of para-hydroxylation sites is 1. The second-order valence-corrected chi connectivity index (χ2v) is 13.4. The molecular weight excluding hydrogens is 624 g/mol. The fourth-order valence-electron chi connectivity index (χ4n) is 6.47. The Balaban J connectivity index is 1.15. The van der Waals surface area contributed by atoms with E-state index in [4.69, 9.17) is 28.7 Å². The van der Waals surface area contributed by atoms with Gasteiger partial charge in [0.1, 0.15) is 23.8 Å². The summed E-state index contributed by atoms with van der Waals surface area (Å²) in [5.41, 5.74) is 1.86. The normalized spacial score (nSPS) is 17.1. The maximum atomic E-state index is 12.7. The summed E-state index contributed by atoms with van der Waals surface area (Å²) in [7, 11) is 0. The molecule has 0 aromatic heterocycles. The van der Waals surface area contributed by atoms with Crippen molar-refractivity contribution in [1.29, 1.82) is 0 Å². The second kappa shape index (κ2) is 15.8. The Morgan fingerprint density at radius 1 is 0.857 bits per heavy atom. The number of rotatable bonds is 16. The number of unbranched alkanes of at least 4 members (excludes halogenated alkanes) is 2. The lowest BCUT2D eigenvalue weighted by Gasteiger charge is -2.46. The summed E-state index contributed by atoms with van der Waals surface area (Å²) in [6.45, 7) is 13.0. The van der Waals surface area contributed by atoms with Crippen LogP contribution in [-0.2, 0) is 34.0 Å². The molecule has 0 radical (unpaired) electrons. The maximum absolute atomic E-state index is 12.7. The van der Waals surface area contributed by atoms with E-state index in [1.54, 1.807) is 12.1 Å². The number of aliphatic imine (C=N–C) groups is 1. The molecule has 0 aliphatic carbocycles. The van der Waals surface area contributed by atoms with E-state index in [0.717, 1.165) is 29.4 Å². The van der Waals surface area contributed by atoms with Crippen LogP contribution in [0.3, 0.4) is 0 Å². The predicted molar refractivity (Wildman–Crippen MR) is 189 cm³/mol. The minimum atomic E-state index is -0.807. The average molecular weight is 673 g/mol. The highest BCUT2D eigenvalue weighted by Gasteiger charge is 2.59. The molecule has 0 saturated heterocycles. The smallest absolute Gasteiger partial charge is 0.311 e. The molecular formula is C39H48N2O8. The lowest BCUT2D eigenvalue weighted by Crippen LogP contribution is -2.62. The van der Waals surface area contributed by atoms with Gasteiger partial charge >= 0.3 is 17.9 Å². The molecule has 0 saturated carbocycles. The molecule has 262 valence electrons. The number of ether oxygens (including phenoxy) is 5. The number of fused-ring (bicyclic) bond motifs is 4. The van der Waals surface area contributed by atoms with Crippen molar-refractivity contribution in [3.63, 3.8) is 0 Å². The van der Waals surface area contributed by atoms with Gasteiger partial charge in [0.25, 0.3) is 0 Å². The van der Waals surface area contributed by atoms with E-state index in [2.05, 4.69) is 56.9 Å². The largest absolute Gasteiger partial charge is 0.466 e. The Morgan fingerprint density at radius 2 is 1.59 bits per heavy atom. The number of benzene rings is 3. The van der Waals surface area contributed by atoms with E-state index in [0.29, 0.717) is 55.6 Å². The monoisotopic (exact) mass is 672 g/mol. The van der Waals surface area contributed by atoms with E-state index in [9.17, 15) is 14.4 Å². The van der Waals surface area contributed by atoms with Crippen LogP contribution >= 0.6 is 0 Å². The SMILES string of the molecule is CCOCCOC(=O)CCCCCOC(=O)CCC(=O)Oc1ccc2ccc3c(c2c1)N=CC1(O3)N(CC(C)C)c2ccccc2C1(C)C. The summed E-state index contributed by atoms with van der Waals surface area (Å²) >= 11 is 0. The van der Waals surface area contributed by atoms with Crippen LogP contribution in [-0.4, -0.2) is 62.8 Å². The average Bonchev–Trinajstić information content (AvgIpc) is 3.25. The Kier molecular flexibility index (Phi) is 11.6. The number of esters is 3. The zero-order valence-electron chi connectivity index (χ0n) is 29.3. The molecule has 1 unspecified atom stereocenters. The first-order valence-corrected chi connectivity index (χ1v) is 17.3. The lowest BCUT2D eigenvalue weighted by molar-refractivity contribution is -0.147. The molecule has 2 heterocycles. The molecule has 0 fully saturated rings. The van der Waals surface area contributed by atoms with Crippen LogP contribution in [0, 0.1) is 5.92 Å². The van der Waals surface area contributed by atoms with Gasteiger partial charge in [0, 0.05) is 30.6 Å². The van der Waals surface area contributed by atoms with Crippen LogP contribution in [0.15, 0.2) is 59.6 Å². The Bertz CT molecular complexity index is 1680. The lowest BCUT2D eigenvalue weighted by atomic mass is 9.77. The molecule has 1 spiro atoms. The summed E-state index contributed by atoms with van der Waals surface area (Å²) in [5.74, 6) is 0.165. The molecule has 0 bridgehead atoms. The first-order valence-electron chi connectivity index (χ1n) is 17.3. The molecule has 0 amide bonds. The van der Waals surface area contributed by atoms with Crippen molar-refractivity contribution < 1.29 is 38.1 Å². The van der Waals surface area contributed by atoms with Gasteiger partial charge in [-0.05, 0) is 81.2 Å². The van der Waals surface area contributed by atoms with Gasteiger partial charge in [-0.3, -0.25) is 19.4 Å². The molecule has 10 nitrogen and oxygen atoms in total. The van der Waals surface area contributed by atoms with Crippen LogP contribution in [0.1, 0.15) is 78.7 Å². The number of carbonyl (C=O) groups excluding carboxylic acids is 3. The minimum Gasteiger partial charge on any atom is -0.466 e. The Hall–Kier alpha value is -4.44. The molecule has 3 aromatic rings. The van der Waals surface area contributed by atoms with E-state index >= 15 is 0 Å². The van der Waals surface area contributed by atoms with Crippen molar-refractivity contribution in [2.75, 3.05) is 37.9 Å². The number of anilines is 1. The van der Waals surface area contributed by atoms with Crippen molar-refractivity contribution >= 4 is 46.3 Å².